The van der Waals surface area contributed by atoms with Gasteiger partial charge in [0.2, 0.25) is 0 Å². The summed E-state index contributed by atoms with van der Waals surface area (Å²) >= 11 is 2.17. The summed E-state index contributed by atoms with van der Waals surface area (Å²) in [6.07, 6.45) is 4.10. The quantitative estimate of drug-likeness (QED) is 0.644. The number of anilines is 1. The predicted molar refractivity (Wildman–Crippen MR) is 80.1 cm³/mol. The van der Waals surface area contributed by atoms with Gasteiger partial charge in [0.25, 0.3) is 5.91 Å². The smallest absolute Gasteiger partial charge is 0.359 e. The van der Waals surface area contributed by atoms with E-state index in [1.807, 2.05) is 12.1 Å². The van der Waals surface area contributed by atoms with Crippen molar-refractivity contribution in [3.8, 4) is 0 Å². The first-order valence-electron chi connectivity index (χ1n) is 5.64. The second-order valence-corrected chi connectivity index (χ2v) is 4.97. The number of esters is 1. The first-order chi connectivity index (χ1) is 9.65. The Morgan fingerprint density at radius 2 is 1.95 bits per heavy atom. The van der Waals surface area contributed by atoms with Crippen LogP contribution < -0.4 is 5.32 Å². The molecule has 0 spiro atoms. The van der Waals surface area contributed by atoms with Crippen molar-refractivity contribution in [2.75, 3.05) is 11.9 Å². The van der Waals surface area contributed by atoms with Crippen molar-refractivity contribution in [2.45, 2.75) is 0 Å². The van der Waals surface area contributed by atoms with Crippen LogP contribution in [0.2, 0.25) is 0 Å². The lowest BCUT2D eigenvalue weighted by atomic mass is 10.3. The number of halogens is 1. The molecule has 0 aliphatic heterocycles. The topological polar surface area (TPSA) is 81.2 Å². The number of ether oxygens (including phenoxy) is 1. The van der Waals surface area contributed by atoms with Crippen LogP contribution in [0.3, 0.4) is 0 Å². The van der Waals surface area contributed by atoms with Gasteiger partial charge in [0.1, 0.15) is 0 Å². The molecule has 1 heterocycles. The standard InChI is InChI=1S/C13H10IN3O3/c14-9-1-3-10(4-2-9)17-12(18)8-20-13(19)11-7-15-5-6-16-11/h1-7H,8H2,(H,17,18). The number of benzene rings is 1. The van der Waals surface area contributed by atoms with Crippen LogP contribution in [0.25, 0.3) is 0 Å². The average molecular weight is 383 g/mol. The summed E-state index contributed by atoms with van der Waals surface area (Å²) in [7, 11) is 0. The van der Waals surface area contributed by atoms with Gasteiger partial charge in [-0.2, -0.15) is 0 Å². The lowest BCUT2D eigenvalue weighted by Gasteiger charge is -2.06. The van der Waals surface area contributed by atoms with Crippen LogP contribution in [0.15, 0.2) is 42.9 Å². The van der Waals surface area contributed by atoms with Crippen LogP contribution in [-0.4, -0.2) is 28.5 Å². The molecule has 0 bridgehead atoms. The fourth-order valence-corrected chi connectivity index (χ4v) is 1.70. The molecule has 0 aliphatic rings. The minimum atomic E-state index is -0.684. The highest BCUT2D eigenvalue weighted by Gasteiger charge is 2.11. The zero-order chi connectivity index (χ0) is 14.4. The van der Waals surface area contributed by atoms with Gasteiger partial charge < -0.3 is 10.1 Å². The monoisotopic (exact) mass is 383 g/mol. The third-order valence-electron chi connectivity index (χ3n) is 2.23. The van der Waals surface area contributed by atoms with Gasteiger partial charge in [0, 0.05) is 21.7 Å². The molecule has 1 N–H and O–H groups in total. The normalized spacial score (nSPS) is 9.85. The van der Waals surface area contributed by atoms with E-state index in [2.05, 4.69) is 37.9 Å². The van der Waals surface area contributed by atoms with Crippen LogP contribution in [-0.2, 0) is 9.53 Å². The van der Waals surface area contributed by atoms with Gasteiger partial charge in [-0.05, 0) is 46.9 Å². The van der Waals surface area contributed by atoms with Crippen LogP contribution in [0.1, 0.15) is 10.5 Å². The van der Waals surface area contributed by atoms with E-state index in [1.54, 1.807) is 12.1 Å². The van der Waals surface area contributed by atoms with E-state index >= 15 is 0 Å². The maximum Gasteiger partial charge on any atom is 0.359 e. The summed E-state index contributed by atoms with van der Waals surface area (Å²) in [5.74, 6) is -1.10. The molecule has 1 aromatic heterocycles. The zero-order valence-electron chi connectivity index (χ0n) is 10.2. The molecule has 20 heavy (non-hydrogen) atoms. The van der Waals surface area contributed by atoms with E-state index in [4.69, 9.17) is 4.74 Å². The highest BCUT2D eigenvalue weighted by molar-refractivity contribution is 14.1. The molecular weight excluding hydrogens is 373 g/mol. The van der Waals surface area contributed by atoms with Crippen molar-refractivity contribution < 1.29 is 14.3 Å². The number of carbonyl (C=O) groups is 2. The number of hydrogen-bond donors (Lipinski definition) is 1. The van der Waals surface area contributed by atoms with E-state index in [-0.39, 0.29) is 12.3 Å². The highest BCUT2D eigenvalue weighted by atomic mass is 127. The van der Waals surface area contributed by atoms with Crippen LogP contribution >= 0.6 is 22.6 Å². The predicted octanol–water partition coefficient (Wildman–Crippen LogP) is 1.88. The Morgan fingerprint density at radius 3 is 2.60 bits per heavy atom. The Hall–Kier alpha value is -2.03. The molecule has 0 saturated carbocycles. The minimum Gasteiger partial charge on any atom is -0.451 e. The van der Waals surface area contributed by atoms with Crippen molar-refractivity contribution in [3.63, 3.8) is 0 Å². The molecule has 0 aliphatic carbocycles. The minimum absolute atomic E-state index is 0.0644. The molecule has 0 unspecified atom stereocenters. The number of hydrogen-bond acceptors (Lipinski definition) is 5. The molecule has 0 radical (unpaired) electrons. The van der Waals surface area contributed by atoms with E-state index in [1.165, 1.54) is 18.6 Å². The van der Waals surface area contributed by atoms with Gasteiger partial charge in [-0.25, -0.2) is 9.78 Å². The summed E-state index contributed by atoms with van der Waals surface area (Å²) in [5, 5.41) is 2.62. The summed E-state index contributed by atoms with van der Waals surface area (Å²) in [6.45, 7) is -0.374. The van der Waals surface area contributed by atoms with E-state index in [0.717, 1.165) is 3.57 Å². The SMILES string of the molecule is O=C(COC(=O)c1cnccn1)Nc1ccc(I)cc1. The van der Waals surface area contributed by atoms with Crippen molar-refractivity contribution in [1.82, 2.24) is 9.97 Å². The highest BCUT2D eigenvalue weighted by Crippen LogP contribution is 2.10. The number of nitrogens with zero attached hydrogens (tertiary/aromatic N) is 2. The van der Waals surface area contributed by atoms with Gasteiger partial charge in [0.05, 0.1) is 6.20 Å². The Labute approximate surface area is 128 Å². The first-order valence-corrected chi connectivity index (χ1v) is 6.71. The summed E-state index contributed by atoms with van der Waals surface area (Å²) in [4.78, 5) is 30.7. The number of carbonyl (C=O) groups excluding carboxylic acids is 2. The molecule has 0 atom stereocenters. The molecule has 2 rings (SSSR count). The van der Waals surface area contributed by atoms with Crippen LogP contribution in [0.4, 0.5) is 5.69 Å². The lowest BCUT2D eigenvalue weighted by Crippen LogP contribution is -2.21. The lowest BCUT2D eigenvalue weighted by molar-refractivity contribution is -0.119. The third-order valence-corrected chi connectivity index (χ3v) is 2.95. The van der Waals surface area contributed by atoms with Gasteiger partial charge in [0.15, 0.2) is 12.3 Å². The molecule has 1 amide bonds. The fourth-order valence-electron chi connectivity index (χ4n) is 1.34. The second kappa shape index (κ2) is 6.94. The molecule has 2 aromatic rings. The van der Waals surface area contributed by atoms with Gasteiger partial charge in [-0.3, -0.25) is 9.78 Å². The fraction of sp³-hybridized carbons (Fsp3) is 0.0769. The summed E-state index contributed by atoms with van der Waals surface area (Å²) in [6, 6.07) is 7.26. The molecule has 6 nitrogen and oxygen atoms in total. The maximum atomic E-state index is 11.6. The molecule has 0 saturated heterocycles. The van der Waals surface area contributed by atoms with Gasteiger partial charge in [-0.15, -0.1) is 0 Å². The van der Waals surface area contributed by atoms with Crippen LogP contribution in [0.5, 0.6) is 0 Å². The number of nitrogens with one attached hydrogen (secondary N) is 1. The Kier molecular flexibility index (Phi) is 4.99. The average Bonchev–Trinajstić information content (AvgIpc) is 2.48. The Balaban J connectivity index is 1.83. The maximum absolute atomic E-state index is 11.6. The van der Waals surface area contributed by atoms with E-state index in [9.17, 15) is 9.59 Å². The largest absolute Gasteiger partial charge is 0.451 e. The molecule has 7 heteroatoms. The van der Waals surface area contributed by atoms with Crippen LogP contribution in [0, 0.1) is 3.57 Å². The van der Waals surface area contributed by atoms with Crippen molar-refractivity contribution in [3.05, 3.63) is 52.1 Å². The molecular formula is C13H10IN3O3. The Bertz CT molecular complexity index is 602. The molecule has 0 fully saturated rings. The zero-order valence-corrected chi connectivity index (χ0v) is 12.4. The van der Waals surface area contributed by atoms with Gasteiger partial charge >= 0.3 is 5.97 Å². The Morgan fingerprint density at radius 1 is 1.20 bits per heavy atom. The van der Waals surface area contributed by atoms with Crippen molar-refractivity contribution in [1.29, 1.82) is 0 Å². The van der Waals surface area contributed by atoms with E-state index < -0.39 is 11.9 Å². The first kappa shape index (κ1) is 14.4. The third kappa shape index (κ3) is 4.26. The van der Waals surface area contributed by atoms with E-state index in [0.29, 0.717) is 5.69 Å². The number of aromatic nitrogens is 2. The molecule has 102 valence electrons. The van der Waals surface area contributed by atoms with Gasteiger partial charge in [-0.1, -0.05) is 0 Å². The van der Waals surface area contributed by atoms with Crippen molar-refractivity contribution in [2.24, 2.45) is 0 Å². The summed E-state index contributed by atoms with van der Waals surface area (Å²) < 4.78 is 5.90. The summed E-state index contributed by atoms with van der Waals surface area (Å²) in [5.41, 5.74) is 0.709. The number of rotatable bonds is 4. The van der Waals surface area contributed by atoms with Crippen molar-refractivity contribution >= 4 is 40.2 Å². The number of amides is 1. The second-order valence-electron chi connectivity index (χ2n) is 3.72. The molecule has 1 aromatic carbocycles.